The van der Waals surface area contributed by atoms with Gasteiger partial charge in [-0.3, -0.25) is 9.59 Å². The molecule has 0 spiro atoms. The summed E-state index contributed by atoms with van der Waals surface area (Å²) in [6.45, 7) is 3.81. The number of rotatable bonds is 5. The highest BCUT2D eigenvalue weighted by molar-refractivity contribution is 6.05. The molecule has 23 heavy (non-hydrogen) atoms. The molecule has 1 aromatic rings. The van der Waals surface area contributed by atoms with E-state index in [0.29, 0.717) is 17.6 Å². The standard InChI is InChI=1S/C18H20O5/c1-4-5-11-14-12-23-15(13-9-7-6-8-10-13)18(14,16(19)21-2)17(20)22-3/h4,6-11,15H,1,5,12H2,2-3H3/b14-11+. The lowest BCUT2D eigenvalue weighted by molar-refractivity contribution is -0.171. The van der Waals surface area contributed by atoms with Crippen molar-refractivity contribution in [3.05, 3.63) is 60.2 Å². The molecule has 0 aliphatic carbocycles. The Kier molecular flexibility index (Phi) is 5.34. The molecular formula is C18H20O5. The van der Waals surface area contributed by atoms with Crippen molar-refractivity contribution in [2.45, 2.75) is 12.5 Å². The van der Waals surface area contributed by atoms with E-state index in [4.69, 9.17) is 14.2 Å². The van der Waals surface area contributed by atoms with Crippen LogP contribution in [0.2, 0.25) is 0 Å². The number of hydrogen-bond acceptors (Lipinski definition) is 5. The van der Waals surface area contributed by atoms with Gasteiger partial charge in [0.2, 0.25) is 5.41 Å². The van der Waals surface area contributed by atoms with Crippen molar-refractivity contribution in [3.63, 3.8) is 0 Å². The summed E-state index contributed by atoms with van der Waals surface area (Å²) in [4.78, 5) is 25.2. The van der Waals surface area contributed by atoms with Gasteiger partial charge in [0.15, 0.2) is 0 Å². The Morgan fingerprint density at radius 2 is 1.87 bits per heavy atom. The van der Waals surface area contributed by atoms with E-state index in [1.54, 1.807) is 12.2 Å². The van der Waals surface area contributed by atoms with Crippen LogP contribution in [-0.4, -0.2) is 32.8 Å². The van der Waals surface area contributed by atoms with Crippen LogP contribution in [0.3, 0.4) is 0 Å². The summed E-state index contributed by atoms with van der Waals surface area (Å²) in [7, 11) is 2.50. The van der Waals surface area contributed by atoms with E-state index in [-0.39, 0.29) is 6.61 Å². The number of allylic oxidation sites excluding steroid dienone is 2. The largest absolute Gasteiger partial charge is 0.468 e. The molecule has 5 heteroatoms. The molecule has 2 rings (SSSR count). The van der Waals surface area contributed by atoms with Gasteiger partial charge in [0, 0.05) is 0 Å². The Labute approximate surface area is 135 Å². The molecule has 0 N–H and O–H groups in total. The van der Waals surface area contributed by atoms with Gasteiger partial charge in [-0.05, 0) is 17.6 Å². The monoisotopic (exact) mass is 316 g/mol. The second kappa shape index (κ2) is 7.24. The van der Waals surface area contributed by atoms with Gasteiger partial charge in [-0.15, -0.1) is 6.58 Å². The Hall–Kier alpha value is -2.40. The summed E-state index contributed by atoms with van der Waals surface area (Å²) in [5, 5.41) is 0. The van der Waals surface area contributed by atoms with Crippen molar-refractivity contribution in [2.75, 3.05) is 20.8 Å². The van der Waals surface area contributed by atoms with E-state index >= 15 is 0 Å². The van der Waals surface area contributed by atoms with Gasteiger partial charge in [-0.25, -0.2) is 0 Å². The minimum Gasteiger partial charge on any atom is -0.468 e. The molecule has 1 aliphatic rings. The highest BCUT2D eigenvalue weighted by Gasteiger charge is 2.62. The number of esters is 2. The van der Waals surface area contributed by atoms with Crippen molar-refractivity contribution < 1.29 is 23.8 Å². The average Bonchev–Trinajstić information content (AvgIpc) is 2.99. The summed E-state index contributed by atoms with van der Waals surface area (Å²) in [5.74, 6) is -1.38. The van der Waals surface area contributed by atoms with Crippen LogP contribution in [-0.2, 0) is 23.8 Å². The van der Waals surface area contributed by atoms with Gasteiger partial charge in [0.1, 0.15) is 6.10 Å². The van der Waals surface area contributed by atoms with Crippen LogP contribution < -0.4 is 0 Å². The topological polar surface area (TPSA) is 61.8 Å². The van der Waals surface area contributed by atoms with Crippen LogP contribution in [0.25, 0.3) is 0 Å². The fraction of sp³-hybridized carbons (Fsp3) is 0.333. The minimum absolute atomic E-state index is 0.150. The summed E-state index contributed by atoms with van der Waals surface area (Å²) in [6.07, 6.45) is 3.17. The van der Waals surface area contributed by atoms with Gasteiger partial charge in [-0.1, -0.05) is 42.5 Å². The van der Waals surface area contributed by atoms with Gasteiger partial charge in [0.25, 0.3) is 0 Å². The lowest BCUT2D eigenvalue weighted by atomic mass is 9.74. The first-order valence-corrected chi connectivity index (χ1v) is 7.26. The Bertz CT molecular complexity index is 602. The van der Waals surface area contributed by atoms with E-state index in [1.807, 2.05) is 30.3 Å². The van der Waals surface area contributed by atoms with Crippen LogP contribution in [0.15, 0.2) is 54.6 Å². The summed E-state index contributed by atoms with van der Waals surface area (Å²) in [6, 6.07) is 9.11. The summed E-state index contributed by atoms with van der Waals surface area (Å²) >= 11 is 0. The Morgan fingerprint density at radius 1 is 1.26 bits per heavy atom. The zero-order valence-corrected chi connectivity index (χ0v) is 13.3. The molecule has 1 unspecified atom stereocenters. The Morgan fingerprint density at radius 3 is 2.39 bits per heavy atom. The lowest BCUT2D eigenvalue weighted by Crippen LogP contribution is -2.45. The predicted molar refractivity (Wildman–Crippen MR) is 84.5 cm³/mol. The van der Waals surface area contributed by atoms with Crippen molar-refractivity contribution in [3.8, 4) is 0 Å². The fourth-order valence-corrected chi connectivity index (χ4v) is 2.88. The van der Waals surface area contributed by atoms with Crippen molar-refractivity contribution in [2.24, 2.45) is 5.41 Å². The molecule has 0 bridgehead atoms. The molecule has 1 aromatic carbocycles. The molecule has 1 aliphatic heterocycles. The number of methoxy groups -OCH3 is 2. The quantitative estimate of drug-likeness (QED) is 0.475. The van der Waals surface area contributed by atoms with Crippen LogP contribution in [0.1, 0.15) is 18.1 Å². The Balaban J connectivity index is 2.64. The zero-order chi connectivity index (χ0) is 16.9. The summed E-state index contributed by atoms with van der Waals surface area (Å²) in [5.41, 5.74) is -0.385. The van der Waals surface area contributed by atoms with Gasteiger partial charge >= 0.3 is 11.9 Å². The minimum atomic E-state index is -1.63. The molecule has 1 atom stereocenters. The molecule has 0 radical (unpaired) electrons. The molecule has 1 fully saturated rings. The third-order valence-electron chi connectivity index (χ3n) is 3.95. The molecule has 1 saturated heterocycles. The first-order valence-electron chi connectivity index (χ1n) is 7.26. The molecule has 5 nitrogen and oxygen atoms in total. The van der Waals surface area contributed by atoms with Crippen LogP contribution in [0.4, 0.5) is 0 Å². The molecule has 122 valence electrons. The zero-order valence-electron chi connectivity index (χ0n) is 13.3. The first kappa shape index (κ1) is 17.0. The third-order valence-corrected chi connectivity index (χ3v) is 3.95. The molecule has 0 amide bonds. The van der Waals surface area contributed by atoms with Crippen molar-refractivity contribution in [1.29, 1.82) is 0 Å². The van der Waals surface area contributed by atoms with Crippen LogP contribution >= 0.6 is 0 Å². The second-order valence-corrected chi connectivity index (χ2v) is 5.15. The van der Waals surface area contributed by atoms with Crippen LogP contribution in [0, 0.1) is 5.41 Å². The number of carbonyl (C=O) groups is 2. The fourth-order valence-electron chi connectivity index (χ4n) is 2.88. The van der Waals surface area contributed by atoms with Gasteiger partial charge in [-0.2, -0.15) is 0 Å². The van der Waals surface area contributed by atoms with Crippen LogP contribution in [0.5, 0.6) is 0 Å². The maximum atomic E-state index is 12.6. The predicted octanol–water partition coefficient (Wildman–Crippen LogP) is 2.59. The highest BCUT2D eigenvalue weighted by atomic mass is 16.6. The van der Waals surface area contributed by atoms with E-state index in [0.717, 1.165) is 0 Å². The van der Waals surface area contributed by atoms with Gasteiger partial charge in [0.05, 0.1) is 20.8 Å². The van der Waals surface area contributed by atoms with Crippen molar-refractivity contribution in [1.82, 2.24) is 0 Å². The van der Waals surface area contributed by atoms with E-state index in [1.165, 1.54) is 14.2 Å². The maximum Gasteiger partial charge on any atom is 0.330 e. The first-order chi connectivity index (χ1) is 11.1. The van der Waals surface area contributed by atoms with E-state index in [2.05, 4.69) is 6.58 Å². The second-order valence-electron chi connectivity index (χ2n) is 5.15. The normalized spacial score (nSPS) is 21.0. The van der Waals surface area contributed by atoms with Gasteiger partial charge < -0.3 is 14.2 Å². The molecule has 0 aromatic heterocycles. The lowest BCUT2D eigenvalue weighted by Gasteiger charge is -2.29. The molecular weight excluding hydrogens is 296 g/mol. The molecule has 1 heterocycles. The van der Waals surface area contributed by atoms with Crippen molar-refractivity contribution >= 4 is 11.9 Å². The van der Waals surface area contributed by atoms with E-state index in [9.17, 15) is 9.59 Å². The smallest absolute Gasteiger partial charge is 0.330 e. The summed E-state index contributed by atoms with van der Waals surface area (Å²) < 4.78 is 15.7. The highest BCUT2D eigenvalue weighted by Crippen LogP contribution is 2.50. The number of ether oxygens (including phenoxy) is 3. The molecule has 0 saturated carbocycles. The maximum absolute atomic E-state index is 12.6. The van der Waals surface area contributed by atoms with E-state index < -0.39 is 23.5 Å². The third kappa shape index (κ3) is 2.80. The number of hydrogen-bond donors (Lipinski definition) is 0. The average molecular weight is 316 g/mol. The number of carbonyl (C=O) groups excluding carboxylic acids is 2. The number of benzene rings is 1. The SMILES string of the molecule is C=CC/C=C1\COC(c2ccccc2)C1(C(=O)OC)C(=O)OC.